The van der Waals surface area contributed by atoms with Crippen molar-refractivity contribution in [2.24, 2.45) is 5.10 Å². The van der Waals surface area contributed by atoms with Crippen LogP contribution in [0.3, 0.4) is 0 Å². The first kappa shape index (κ1) is 18.3. The summed E-state index contributed by atoms with van der Waals surface area (Å²) in [6, 6.07) is 13.4. The van der Waals surface area contributed by atoms with Gasteiger partial charge < -0.3 is 4.57 Å². The van der Waals surface area contributed by atoms with Crippen molar-refractivity contribution in [3.05, 3.63) is 81.3 Å². The Hall–Kier alpha value is -3.48. The number of benzene rings is 1. The van der Waals surface area contributed by atoms with Crippen molar-refractivity contribution in [3.63, 3.8) is 0 Å². The molecular formula is C20H21N5O2. The van der Waals surface area contributed by atoms with Gasteiger partial charge in [0, 0.05) is 34.9 Å². The maximum absolute atomic E-state index is 11.0. The fraction of sp³-hybridized carbons (Fsp3) is 0.200. The number of rotatable bonds is 6. The number of aromatic nitrogens is 2. The number of nitrogens with one attached hydrogen (secondary N) is 1. The van der Waals surface area contributed by atoms with Crippen molar-refractivity contribution < 1.29 is 4.92 Å². The average Bonchev–Trinajstić information content (AvgIpc) is 2.95. The molecule has 0 aliphatic carbocycles. The van der Waals surface area contributed by atoms with Crippen LogP contribution in [0.5, 0.6) is 0 Å². The van der Waals surface area contributed by atoms with Crippen LogP contribution in [0.15, 0.2) is 53.8 Å². The van der Waals surface area contributed by atoms with Crippen molar-refractivity contribution in [1.29, 1.82) is 0 Å². The van der Waals surface area contributed by atoms with Crippen LogP contribution in [0, 0.1) is 24.0 Å². The summed E-state index contributed by atoms with van der Waals surface area (Å²) in [5, 5.41) is 15.2. The molecule has 3 aromatic rings. The number of hydrogen-bond donors (Lipinski definition) is 1. The Morgan fingerprint density at radius 1 is 1.26 bits per heavy atom. The van der Waals surface area contributed by atoms with Crippen molar-refractivity contribution in [2.75, 3.05) is 5.43 Å². The normalized spacial score (nSPS) is 11.1. The van der Waals surface area contributed by atoms with E-state index in [0.29, 0.717) is 0 Å². The van der Waals surface area contributed by atoms with Crippen LogP contribution >= 0.6 is 0 Å². The van der Waals surface area contributed by atoms with Gasteiger partial charge in [-0.1, -0.05) is 19.1 Å². The van der Waals surface area contributed by atoms with E-state index in [4.69, 9.17) is 0 Å². The molecule has 0 fully saturated rings. The molecule has 0 bridgehead atoms. The molecule has 0 radical (unpaired) electrons. The second-order valence-corrected chi connectivity index (χ2v) is 6.18. The molecule has 0 aliphatic heterocycles. The monoisotopic (exact) mass is 363 g/mol. The van der Waals surface area contributed by atoms with Crippen molar-refractivity contribution >= 4 is 17.7 Å². The summed E-state index contributed by atoms with van der Waals surface area (Å²) in [5.41, 5.74) is 7.99. The minimum absolute atomic E-state index is 0.114. The highest BCUT2D eigenvalue weighted by Crippen LogP contribution is 2.22. The maximum Gasteiger partial charge on any atom is 0.313 e. The molecule has 3 rings (SSSR count). The van der Waals surface area contributed by atoms with Gasteiger partial charge in [-0.15, -0.1) is 0 Å². The molecule has 1 N–H and O–H groups in total. The largest absolute Gasteiger partial charge is 0.318 e. The third-order valence-electron chi connectivity index (χ3n) is 4.43. The molecule has 2 heterocycles. The van der Waals surface area contributed by atoms with E-state index < -0.39 is 4.92 Å². The van der Waals surface area contributed by atoms with Gasteiger partial charge in [0.2, 0.25) is 5.82 Å². The lowest BCUT2D eigenvalue weighted by molar-refractivity contribution is -0.384. The summed E-state index contributed by atoms with van der Waals surface area (Å²) in [6.07, 6.45) is 4.14. The number of nitrogens with zero attached hydrogens (tertiary/aromatic N) is 4. The second-order valence-electron chi connectivity index (χ2n) is 6.18. The van der Waals surface area contributed by atoms with Gasteiger partial charge in [0.25, 0.3) is 0 Å². The first-order valence-electron chi connectivity index (χ1n) is 8.68. The van der Waals surface area contributed by atoms with Crippen LogP contribution in [0.2, 0.25) is 0 Å². The maximum atomic E-state index is 11.0. The van der Waals surface area contributed by atoms with Gasteiger partial charge >= 0.3 is 5.69 Å². The zero-order chi connectivity index (χ0) is 19.4. The number of hydrogen-bond acceptors (Lipinski definition) is 5. The Bertz CT molecular complexity index is 990. The average molecular weight is 363 g/mol. The number of anilines is 1. The Morgan fingerprint density at radius 2 is 2.00 bits per heavy atom. The summed E-state index contributed by atoms with van der Waals surface area (Å²) in [6.45, 7) is 6.19. The fourth-order valence-electron chi connectivity index (χ4n) is 2.99. The second kappa shape index (κ2) is 7.82. The Labute approximate surface area is 157 Å². The molecule has 0 aliphatic rings. The van der Waals surface area contributed by atoms with E-state index in [1.54, 1.807) is 6.21 Å². The predicted octanol–water partition coefficient (Wildman–Crippen LogP) is 4.41. The molecular weight excluding hydrogens is 342 g/mol. The molecule has 138 valence electrons. The molecule has 1 aromatic carbocycles. The number of hydrazone groups is 1. The highest BCUT2D eigenvalue weighted by atomic mass is 16.6. The van der Waals surface area contributed by atoms with Crippen LogP contribution in [-0.4, -0.2) is 20.7 Å². The predicted molar refractivity (Wildman–Crippen MR) is 107 cm³/mol. The summed E-state index contributed by atoms with van der Waals surface area (Å²) in [5.74, 6) is 0.114. The lowest BCUT2D eigenvalue weighted by Crippen LogP contribution is -2.01. The van der Waals surface area contributed by atoms with Crippen molar-refractivity contribution in [3.8, 4) is 5.69 Å². The molecule has 0 saturated carbocycles. The third kappa shape index (κ3) is 3.87. The molecule has 2 aromatic heterocycles. The van der Waals surface area contributed by atoms with E-state index in [1.165, 1.54) is 23.9 Å². The van der Waals surface area contributed by atoms with Crippen LogP contribution in [0.4, 0.5) is 11.5 Å². The number of nitro groups is 1. The SMILES string of the molecule is CCc1ccc(-n2c(C)cc(/C=N\Nc3ncccc3[N+](=O)[O-])c2C)cc1. The first-order valence-corrected chi connectivity index (χ1v) is 8.68. The lowest BCUT2D eigenvalue weighted by Gasteiger charge is -2.10. The van der Waals surface area contributed by atoms with E-state index >= 15 is 0 Å². The minimum Gasteiger partial charge on any atom is -0.318 e. The fourth-order valence-corrected chi connectivity index (χ4v) is 2.99. The van der Waals surface area contributed by atoms with Gasteiger partial charge in [0.15, 0.2) is 0 Å². The van der Waals surface area contributed by atoms with E-state index in [2.05, 4.69) is 51.3 Å². The van der Waals surface area contributed by atoms with Gasteiger partial charge in [-0.2, -0.15) is 5.10 Å². The molecule has 0 spiro atoms. The number of aryl methyl sites for hydroxylation is 2. The van der Waals surface area contributed by atoms with Crippen molar-refractivity contribution in [2.45, 2.75) is 27.2 Å². The Balaban J connectivity index is 1.84. The van der Waals surface area contributed by atoms with E-state index in [0.717, 1.165) is 29.1 Å². The summed E-state index contributed by atoms with van der Waals surface area (Å²) in [7, 11) is 0. The highest BCUT2D eigenvalue weighted by molar-refractivity contribution is 5.83. The lowest BCUT2D eigenvalue weighted by atomic mass is 10.1. The zero-order valence-electron chi connectivity index (χ0n) is 15.5. The van der Waals surface area contributed by atoms with Gasteiger partial charge in [-0.25, -0.2) is 4.98 Å². The van der Waals surface area contributed by atoms with Crippen LogP contribution in [-0.2, 0) is 6.42 Å². The quantitative estimate of drug-likeness (QED) is 0.399. The molecule has 0 amide bonds. The van der Waals surface area contributed by atoms with Crippen molar-refractivity contribution in [1.82, 2.24) is 9.55 Å². The standard InChI is InChI=1S/C20H21N5O2/c1-4-16-7-9-18(10-8-16)24-14(2)12-17(15(24)3)13-22-23-20-19(25(26)27)6-5-11-21-20/h5-13H,4H2,1-3H3,(H,21,23)/b22-13-. The topological polar surface area (TPSA) is 85.3 Å². The van der Waals surface area contributed by atoms with Gasteiger partial charge in [0.05, 0.1) is 11.1 Å². The first-order chi connectivity index (χ1) is 13.0. The van der Waals surface area contributed by atoms with Gasteiger partial charge in [0.1, 0.15) is 0 Å². The van der Waals surface area contributed by atoms with Gasteiger partial charge in [-0.3, -0.25) is 15.5 Å². The van der Waals surface area contributed by atoms with E-state index in [1.807, 2.05) is 19.9 Å². The number of pyridine rings is 1. The van der Waals surface area contributed by atoms with Gasteiger partial charge in [-0.05, 0) is 50.1 Å². The van der Waals surface area contributed by atoms with Crippen LogP contribution in [0.25, 0.3) is 5.69 Å². The summed E-state index contributed by atoms with van der Waals surface area (Å²) in [4.78, 5) is 14.5. The molecule has 27 heavy (non-hydrogen) atoms. The third-order valence-corrected chi connectivity index (χ3v) is 4.43. The molecule has 0 unspecified atom stereocenters. The van der Waals surface area contributed by atoms with E-state index in [-0.39, 0.29) is 11.5 Å². The summed E-state index contributed by atoms with van der Waals surface area (Å²) >= 11 is 0. The zero-order valence-corrected chi connectivity index (χ0v) is 15.5. The highest BCUT2D eigenvalue weighted by Gasteiger charge is 2.13. The minimum atomic E-state index is -0.489. The smallest absolute Gasteiger partial charge is 0.313 e. The molecule has 0 atom stereocenters. The summed E-state index contributed by atoms with van der Waals surface area (Å²) < 4.78 is 2.16. The molecule has 7 nitrogen and oxygen atoms in total. The van der Waals surface area contributed by atoms with Crippen LogP contribution in [0.1, 0.15) is 29.4 Å². The Morgan fingerprint density at radius 3 is 2.67 bits per heavy atom. The molecule has 7 heteroatoms. The molecule has 0 saturated heterocycles. The van der Waals surface area contributed by atoms with Crippen LogP contribution < -0.4 is 5.43 Å². The Kier molecular flexibility index (Phi) is 5.30. The van der Waals surface area contributed by atoms with E-state index in [9.17, 15) is 10.1 Å².